The van der Waals surface area contributed by atoms with Crippen LogP contribution in [0, 0.1) is 5.92 Å². The Labute approximate surface area is 127 Å². The first-order valence-electron chi connectivity index (χ1n) is 7.95. The summed E-state index contributed by atoms with van der Waals surface area (Å²) in [5.41, 5.74) is 2.13. The lowest BCUT2D eigenvalue weighted by Gasteiger charge is -2.14. The van der Waals surface area contributed by atoms with Crippen LogP contribution in [0.5, 0.6) is 0 Å². The van der Waals surface area contributed by atoms with Crippen LogP contribution in [0.4, 0.5) is 10.5 Å². The van der Waals surface area contributed by atoms with E-state index in [1.54, 1.807) is 0 Å². The number of hydrogen-bond acceptors (Lipinski definition) is 2. The van der Waals surface area contributed by atoms with Crippen molar-refractivity contribution < 1.29 is 4.79 Å². The molecule has 2 N–H and O–H groups in total. The highest BCUT2D eigenvalue weighted by molar-refractivity contribution is 5.89. The summed E-state index contributed by atoms with van der Waals surface area (Å²) >= 11 is 0. The Bertz CT molecular complexity index is 456. The SMILES string of the molecule is CCN1CC[C@@H](CNC(=O)Nc2ccc(C(C)C)cc2)C1. The van der Waals surface area contributed by atoms with Crippen molar-refractivity contribution in [3.8, 4) is 0 Å². The number of likely N-dealkylation sites (tertiary alicyclic amines) is 1. The molecule has 1 aliphatic rings. The maximum atomic E-state index is 11.9. The number of carbonyl (C=O) groups excluding carboxylic acids is 1. The van der Waals surface area contributed by atoms with Crippen molar-refractivity contribution in [2.24, 2.45) is 5.92 Å². The largest absolute Gasteiger partial charge is 0.338 e. The Morgan fingerprint density at radius 1 is 1.33 bits per heavy atom. The molecule has 116 valence electrons. The molecule has 1 aliphatic heterocycles. The molecule has 0 unspecified atom stereocenters. The third-order valence-electron chi connectivity index (χ3n) is 4.20. The molecule has 1 atom stereocenters. The molecule has 1 aromatic rings. The zero-order valence-electron chi connectivity index (χ0n) is 13.4. The van der Waals surface area contributed by atoms with Crippen LogP contribution in [-0.4, -0.2) is 37.1 Å². The average molecular weight is 289 g/mol. The topological polar surface area (TPSA) is 44.4 Å². The Morgan fingerprint density at radius 2 is 2.05 bits per heavy atom. The van der Waals surface area contributed by atoms with E-state index in [0.717, 1.165) is 31.9 Å². The number of hydrogen-bond donors (Lipinski definition) is 2. The molecule has 0 aliphatic carbocycles. The van der Waals surface area contributed by atoms with E-state index in [-0.39, 0.29) is 6.03 Å². The van der Waals surface area contributed by atoms with Crippen LogP contribution < -0.4 is 10.6 Å². The fraction of sp³-hybridized carbons (Fsp3) is 0.588. The molecule has 1 aromatic carbocycles. The highest BCUT2D eigenvalue weighted by atomic mass is 16.2. The fourth-order valence-electron chi connectivity index (χ4n) is 2.73. The second-order valence-corrected chi connectivity index (χ2v) is 6.16. The molecule has 4 heteroatoms. The van der Waals surface area contributed by atoms with Crippen LogP contribution >= 0.6 is 0 Å². The second-order valence-electron chi connectivity index (χ2n) is 6.16. The van der Waals surface area contributed by atoms with Gasteiger partial charge < -0.3 is 15.5 Å². The van der Waals surface area contributed by atoms with Crippen molar-refractivity contribution in [3.63, 3.8) is 0 Å². The normalized spacial score (nSPS) is 19.0. The van der Waals surface area contributed by atoms with Gasteiger partial charge in [0.25, 0.3) is 0 Å². The molecule has 21 heavy (non-hydrogen) atoms. The highest BCUT2D eigenvalue weighted by Crippen LogP contribution is 2.17. The number of nitrogens with zero attached hydrogens (tertiary/aromatic N) is 1. The minimum absolute atomic E-state index is 0.109. The number of carbonyl (C=O) groups is 1. The van der Waals surface area contributed by atoms with Gasteiger partial charge in [0.1, 0.15) is 0 Å². The molecule has 0 radical (unpaired) electrons. The van der Waals surface area contributed by atoms with E-state index < -0.39 is 0 Å². The summed E-state index contributed by atoms with van der Waals surface area (Å²) in [6, 6.07) is 7.95. The number of urea groups is 1. The molecule has 2 rings (SSSR count). The van der Waals surface area contributed by atoms with E-state index in [1.165, 1.54) is 12.0 Å². The predicted molar refractivity (Wildman–Crippen MR) is 87.8 cm³/mol. The summed E-state index contributed by atoms with van der Waals surface area (Å²) in [6.45, 7) is 10.6. The predicted octanol–water partition coefficient (Wildman–Crippen LogP) is 3.27. The van der Waals surface area contributed by atoms with Gasteiger partial charge in [0.15, 0.2) is 0 Å². The molecule has 4 nitrogen and oxygen atoms in total. The van der Waals surface area contributed by atoms with Gasteiger partial charge in [-0.05, 0) is 49.0 Å². The minimum Gasteiger partial charge on any atom is -0.338 e. The van der Waals surface area contributed by atoms with Crippen LogP contribution in [0.3, 0.4) is 0 Å². The summed E-state index contributed by atoms with van der Waals surface area (Å²) in [5, 5.41) is 5.87. The maximum absolute atomic E-state index is 11.9. The van der Waals surface area contributed by atoms with Crippen molar-refractivity contribution in [2.75, 3.05) is 31.5 Å². The number of anilines is 1. The van der Waals surface area contributed by atoms with Crippen LogP contribution in [0.1, 0.15) is 38.7 Å². The molecular formula is C17H27N3O. The second kappa shape index (κ2) is 7.46. The van der Waals surface area contributed by atoms with E-state index in [4.69, 9.17) is 0 Å². The van der Waals surface area contributed by atoms with Gasteiger partial charge in [0.2, 0.25) is 0 Å². The summed E-state index contributed by atoms with van der Waals surface area (Å²) < 4.78 is 0. The molecule has 1 fully saturated rings. The van der Waals surface area contributed by atoms with Gasteiger partial charge in [0, 0.05) is 18.8 Å². The molecular weight excluding hydrogens is 262 g/mol. The van der Waals surface area contributed by atoms with E-state index in [9.17, 15) is 4.79 Å². The van der Waals surface area contributed by atoms with Gasteiger partial charge in [-0.1, -0.05) is 32.9 Å². The molecule has 0 aromatic heterocycles. The Balaban J connectivity index is 1.74. The lowest BCUT2D eigenvalue weighted by Crippen LogP contribution is -2.34. The molecule has 0 spiro atoms. The smallest absolute Gasteiger partial charge is 0.319 e. The monoisotopic (exact) mass is 289 g/mol. The quantitative estimate of drug-likeness (QED) is 0.873. The van der Waals surface area contributed by atoms with Gasteiger partial charge >= 0.3 is 6.03 Å². The standard InChI is InChI=1S/C17H27N3O/c1-4-20-10-9-14(12-20)11-18-17(21)19-16-7-5-15(6-8-16)13(2)3/h5-8,13-14H,4,9-12H2,1-3H3,(H2,18,19,21)/t14-/m0/s1. The molecule has 2 amide bonds. The summed E-state index contributed by atoms with van der Waals surface area (Å²) in [4.78, 5) is 14.3. The molecule has 0 bridgehead atoms. The van der Waals surface area contributed by atoms with E-state index >= 15 is 0 Å². The molecule has 1 heterocycles. The van der Waals surface area contributed by atoms with Gasteiger partial charge in [-0.2, -0.15) is 0 Å². The number of rotatable bonds is 5. The molecule has 1 saturated heterocycles. The zero-order chi connectivity index (χ0) is 15.2. The third-order valence-corrected chi connectivity index (χ3v) is 4.20. The Hall–Kier alpha value is -1.55. The third kappa shape index (κ3) is 4.74. The lowest BCUT2D eigenvalue weighted by atomic mass is 10.0. The average Bonchev–Trinajstić information content (AvgIpc) is 2.94. The van der Waals surface area contributed by atoms with Crippen molar-refractivity contribution in [2.45, 2.75) is 33.1 Å². The van der Waals surface area contributed by atoms with Gasteiger partial charge in [-0.3, -0.25) is 0 Å². The summed E-state index contributed by atoms with van der Waals surface area (Å²) in [7, 11) is 0. The zero-order valence-corrected chi connectivity index (χ0v) is 13.4. The maximum Gasteiger partial charge on any atom is 0.319 e. The first-order valence-corrected chi connectivity index (χ1v) is 7.95. The number of benzene rings is 1. The number of nitrogens with one attached hydrogen (secondary N) is 2. The fourth-order valence-corrected chi connectivity index (χ4v) is 2.73. The van der Waals surface area contributed by atoms with Gasteiger partial charge in [-0.15, -0.1) is 0 Å². The van der Waals surface area contributed by atoms with E-state index in [2.05, 4.69) is 48.4 Å². The summed E-state index contributed by atoms with van der Waals surface area (Å²) in [6.07, 6.45) is 1.18. The van der Waals surface area contributed by atoms with E-state index in [1.807, 2.05) is 12.1 Å². The van der Waals surface area contributed by atoms with Crippen LogP contribution in [0.15, 0.2) is 24.3 Å². The van der Waals surface area contributed by atoms with Crippen LogP contribution in [0.25, 0.3) is 0 Å². The van der Waals surface area contributed by atoms with Crippen molar-refractivity contribution >= 4 is 11.7 Å². The Kier molecular flexibility index (Phi) is 5.62. The first kappa shape index (κ1) is 15.8. The number of amides is 2. The first-order chi connectivity index (χ1) is 10.1. The van der Waals surface area contributed by atoms with E-state index in [0.29, 0.717) is 11.8 Å². The lowest BCUT2D eigenvalue weighted by molar-refractivity contribution is 0.250. The van der Waals surface area contributed by atoms with Crippen molar-refractivity contribution in [3.05, 3.63) is 29.8 Å². The van der Waals surface area contributed by atoms with Crippen molar-refractivity contribution in [1.82, 2.24) is 10.2 Å². The Morgan fingerprint density at radius 3 is 2.62 bits per heavy atom. The highest BCUT2D eigenvalue weighted by Gasteiger charge is 2.21. The molecule has 0 saturated carbocycles. The van der Waals surface area contributed by atoms with Gasteiger partial charge in [-0.25, -0.2) is 4.79 Å². The van der Waals surface area contributed by atoms with Crippen molar-refractivity contribution in [1.29, 1.82) is 0 Å². The van der Waals surface area contributed by atoms with Gasteiger partial charge in [0.05, 0.1) is 0 Å². The van der Waals surface area contributed by atoms with Crippen LogP contribution in [-0.2, 0) is 0 Å². The minimum atomic E-state index is -0.109. The summed E-state index contributed by atoms with van der Waals surface area (Å²) in [5.74, 6) is 1.09. The van der Waals surface area contributed by atoms with Crippen LogP contribution in [0.2, 0.25) is 0 Å².